The Kier molecular flexibility index (Phi) is 3.96. The molecule has 0 saturated carbocycles. The van der Waals surface area contributed by atoms with E-state index in [0.717, 1.165) is 37.4 Å². The molecule has 2 heterocycles. The Morgan fingerprint density at radius 1 is 1.50 bits per heavy atom. The zero-order valence-electron chi connectivity index (χ0n) is 10.3. The van der Waals surface area contributed by atoms with Gasteiger partial charge in [-0.15, -0.1) is 11.3 Å². The fourth-order valence-corrected chi connectivity index (χ4v) is 3.07. The average molecular weight is 268 g/mol. The van der Waals surface area contributed by atoms with E-state index in [2.05, 4.69) is 4.98 Å². The molecule has 6 heteroatoms. The van der Waals surface area contributed by atoms with Gasteiger partial charge in [0.2, 0.25) is 5.91 Å². The smallest absolute Gasteiger partial charge is 0.347 e. The predicted molar refractivity (Wildman–Crippen MR) is 67.8 cm³/mol. The summed E-state index contributed by atoms with van der Waals surface area (Å²) in [7, 11) is 0. The van der Waals surface area contributed by atoms with Crippen molar-refractivity contribution < 1.29 is 14.7 Å². The zero-order chi connectivity index (χ0) is 13.1. The zero-order valence-corrected chi connectivity index (χ0v) is 11.1. The lowest BCUT2D eigenvalue weighted by atomic mass is 9.94. The third-order valence-corrected chi connectivity index (χ3v) is 4.30. The second kappa shape index (κ2) is 5.48. The number of carboxylic acid groups (broad SMARTS) is 1. The van der Waals surface area contributed by atoms with E-state index in [0.29, 0.717) is 10.8 Å². The van der Waals surface area contributed by atoms with Gasteiger partial charge in [0.05, 0.1) is 11.2 Å². The molecule has 0 radical (unpaired) electrons. The number of carbonyl (C=O) groups is 2. The van der Waals surface area contributed by atoms with E-state index in [4.69, 9.17) is 5.11 Å². The molecular weight excluding hydrogens is 252 g/mol. The molecule has 0 aliphatic carbocycles. The minimum atomic E-state index is -0.912. The van der Waals surface area contributed by atoms with Crippen molar-refractivity contribution in [3.8, 4) is 0 Å². The first kappa shape index (κ1) is 13.0. The van der Waals surface area contributed by atoms with Crippen LogP contribution in [0.2, 0.25) is 0 Å². The highest BCUT2D eigenvalue weighted by Gasteiger charge is 2.22. The molecule has 1 aliphatic rings. The van der Waals surface area contributed by atoms with E-state index >= 15 is 0 Å². The first-order valence-corrected chi connectivity index (χ1v) is 6.81. The molecule has 1 N–H and O–H groups in total. The fraction of sp³-hybridized carbons (Fsp3) is 0.583. The molecule has 0 spiro atoms. The minimum absolute atomic E-state index is 0.135. The van der Waals surface area contributed by atoms with Gasteiger partial charge in [0.25, 0.3) is 0 Å². The highest BCUT2D eigenvalue weighted by atomic mass is 32.1. The summed E-state index contributed by atoms with van der Waals surface area (Å²) >= 11 is 1.25. The van der Waals surface area contributed by atoms with Gasteiger partial charge in [-0.1, -0.05) is 0 Å². The average Bonchev–Trinajstić information content (AvgIpc) is 2.78. The first-order chi connectivity index (χ1) is 8.56. The summed E-state index contributed by atoms with van der Waals surface area (Å²) in [5, 5.41) is 9.71. The number of aromatic nitrogens is 1. The van der Waals surface area contributed by atoms with Crippen LogP contribution in [0.1, 0.15) is 34.4 Å². The Morgan fingerprint density at radius 2 is 2.17 bits per heavy atom. The van der Waals surface area contributed by atoms with Gasteiger partial charge in [-0.25, -0.2) is 9.78 Å². The molecule has 1 aromatic heterocycles. The van der Waals surface area contributed by atoms with Gasteiger partial charge in [-0.05, 0) is 18.8 Å². The number of amides is 1. The van der Waals surface area contributed by atoms with E-state index in [1.54, 1.807) is 6.92 Å². The molecule has 1 fully saturated rings. The Labute approximate surface area is 109 Å². The maximum absolute atomic E-state index is 11.2. The van der Waals surface area contributed by atoms with Crippen LogP contribution in [0.25, 0.3) is 0 Å². The van der Waals surface area contributed by atoms with Crippen molar-refractivity contribution in [1.82, 2.24) is 9.88 Å². The summed E-state index contributed by atoms with van der Waals surface area (Å²) in [6, 6.07) is 0. The number of carbonyl (C=O) groups excluding carboxylic acids is 1. The summed E-state index contributed by atoms with van der Waals surface area (Å²) in [4.78, 5) is 28.2. The topological polar surface area (TPSA) is 70.5 Å². The van der Waals surface area contributed by atoms with Crippen LogP contribution >= 0.6 is 11.3 Å². The maximum Gasteiger partial charge on any atom is 0.347 e. The molecule has 1 amide bonds. The summed E-state index contributed by atoms with van der Waals surface area (Å²) < 4.78 is 0. The minimum Gasteiger partial charge on any atom is -0.477 e. The number of aromatic carboxylic acids is 1. The number of nitrogens with zero attached hydrogens (tertiary/aromatic N) is 2. The lowest BCUT2D eigenvalue weighted by molar-refractivity contribution is -0.130. The Morgan fingerprint density at radius 3 is 2.67 bits per heavy atom. The number of carboxylic acids is 1. The molecule has 18 heavy (non-hydrogen) atoms. The van der Waals surface area contributed by atoms with Crippen molar-refractivity contribution in [3.05, 3.63) is 16.1 Å². The summed E-state index contributed by atoms with van der Waals surface area (Å²) in [6.45, 7) is 3.20. The van der Waals surface area contributed by atoms with Crippen LogP contribution in [0.4, 0.5) is 0 Å². The lowest BCUT2D eigenvalue weighted by Crippen LogP contribution is -2.37. The van der Waals surface area contributed by atoms with Crippen molar-refractivity contribution in [2.24, 2.45) is 5.92 Å². The highest BCUT2D eigenvalue weighted by molar-refractivity contribution is 7.13. The second-order valence-electron chi connectivity index (χ2n) is 4.58. The molecular formula is C12H16N2O3S. The number of hydrogen-bond acceptors (Lipinski definition) is 4. The number of thiazole rings is 1. The van der Waals surface area contributed by atoms with Crippen molar-refractivity contribution in [3.63, 3.8) is 0 Å². The van der Waals surface area contributed by atoms with Crippen LogP contribution < -0.4 is 0 Å². The second-order valence-corrected chi connectivity index (χ2v) is 5.69. The molecule has 98 valence electrons. The standard InChI is InChI=1S/C12H16N2O3S/c1-8(15)14-4-2-9(3-5-14)6-11-13-7-10(18-11)12(16)17/h7,9H,2-6H2,1H3,(H,16,17). The number of likely N-dealkylation sites (tertiary alicyclic amines) is 1. The van der Waals surface area contributed by atoms with Crippen LogP contribution in [-0.4, -0.2) is 40.0 Å². The number of piperidine rings is 1. The normalized spacial score (nSPS) is 16.8. The molecule has 2 rings (SSSR count). The van der Waals surface area contributed by atoms with Crippen molar-refractivity contribution in [2.45, 2.75) is 26.2 Å². The van der Waals surface area contributed by atoms with Gasteiger partial charge in [0, 0.05) is 26.4 Å². The molecule has 1 aliphatic heterocycles. The van der Waals surface area contributed by atoms with Gasteiger partial charge in [0.1, 0.15) is 4.88 Å². The number of hydrogen-bond donors (Lipinski definition) is 1. The predicted octanol–water partition coefficient (Wildman–Crippen LogP) is 1.64. The molecule has 1 saturated heterocycles. The molecule has 1 aromatic rings. The van der Waals surface area contributed by atoms with Gasteiger partial charge in [-0.2, -0.15) is 0 Å². The molecule has 0 bridgehead atoms. The Bertz CT molecular complexity index is 450. The third kappa shape index (κ3) is 3.07. The van der Waals surface area contributed by atoms with Crippen LogP contribution in [-0.2, 0) is 11.2 Å². The Balaban J connectivity index is 1.87. The van der Waals surface area contributed by atoms with E-state index in [-0.39, 0.29) is 5.91 Å². The van der Waals surface area contributed by atoms with E-state index in [9.17, 15) is 9.59 Å². The van der Waals surface area contributed by atoms with Gasteiger partial charge in [0.15, 0.2) is 0 Å². The summed E-state index contributed by atoms with van der Waals surface area (Å²) in [6.07, 6.45) is 4.19. The van der Waals surface area contributed by atoms with Crippen LogP contribution in [0.3, 0.4) is 0 Å². The van der Waals surface area contributed by atoms with Crippen molar-refractivity contribution in [2.75, 3.05) is 13.1 Å². The molecule has 0 unspecified atom stereocenters. The Hall–Kier alpha value is -1.43. The SMILES string of the molecule is CC(=O)N1CCC(Cc2ncc(C(=O)O)s2)CC1. The highest BCUT2D eigenvalue weighted by Crippen LogP contribution is 2.24. The quantitative estimate of drug-likeness (QED) is 0.904. The third-order valence-electron chi connectivity index (χ3n) is 3.29. The number of rotatable bonds is 3. The van der Waals surface area contributed by atoms with E-state index in [1.165, 1.54) is 17.5 Å². The van der Waals surface area contributed by atoms with Crippen molar-refractivity contribution >= 4 is 23.2 Å². The fourth-order valence-electron chi connectivity index (χ4n) is 2.20. The molecule has 5 nitrogen and oxygen atoms in total. The lowest BCUT2D eigenvalue weighted by Gasteiger charge is -2.30. The van der Waals surface area contributed by atoms with Crippen molar-refractivity contribution in [1.29, 1.82) is 0 Å². The molecule has 0 aromatic carbocycles. The first-order valence-electron chi connectivity index (χ1n) is 5.99. The van der Waals surface area contributed by atoms with Crippen LogP contribution in [0, 0.1) is 5.92 Å². The van der Waals surface area contributed by atoms with E-state index < -0.39 is 5.97 Å². The van der Waals surface area contributed by atoms with E-state index in [1.807, 2.05) is 4.90 Å². The summed E-state index contributed by atoms with van der Waals surface area (Å²) in [5.74, 6) is -0.269. The van der Waals surface area contributed by atoms with Gasteiger partial charge in [-0.3, -0.25) is 4.79 Å². The monoisotopic (exact) mass is 268 g/mol. The van der Waals surface area contributed by atoms with Gasteiger partial charge < -0.3 is 10.0 Å². The van der Waals surface area contributed by atoms with Crippen LogP contribution in [0.5, 0.6) is 0 Å². The maximum atomic E-state index is 11.2. The molecule has 0 atom stereocenters. The largest absolute Gasteiger partial charge is 0.477 e. The van der Waals surface area contributed by atoms with Gasteiger partial charge >= 0.3 is 5.97 Å². The van der Waals surface area contributed by atoms with Crippen LogP contribution in [0.15, 0.2) is 6.20 Å². The summed E-state index contributed by atoms with van der Waals surface area (Å²) in [5.41, 5.74) is 0.